The van der Waals surface area contributed by atoms with E-state index in [1.165, 1.54) is 5.69 Å². The predicted molar refractivity (Wildman–Crippen MR) is 60.7 cm³/mol. The van der Waals surface area contributed by atoms with E-state index in [0.29, 0.717) is 6.04 Å². The molecule has 1 unspecified atom stereocenters. The quantitative estimate of drug-likeness (QED) is 0.695. The number of aryl methyl sites for hydroxylation is 1. The van der Waals surface area contributed by atoms with Gasteiger partial charge in [-0.2, -0.15) is 5.10 Å². The van der Waals surface area contributed by atoms with Crippen molar-refractivity contribution in [3.8, 4) is 0 Å². The third-order valence-electron chi connectivity index (χ3n) is 2.53. The topological polar surface area (TPSA) is 39.1 Å². The second-order valence-corrected chi connectivity index (χ2v) is 3.76. The van der Waals surface area contributed by atoms with Gasteiger partial charge in [0, 0.05) is 33.0 Å². The summed E-state index contributed by atoms with van der Waals surface area (Å²) in [6.07, 6.45) is 4.09. The maximum atomic E-state index is 5.00. The van der Waals surface area contributed by atoms with E-state index in [0.717, 1.165) is 26.0 Å². The van der Waals surface area contributed by atoms with Crippen molar-refractivity contribution >= 4 is 0 Å². The highest BCUT2D eigenvalue weighted by molar-refractivity contribution is 5.04. The molecular weight excluding hydrogens is 190 g/mol. The van der Waals surface area contributed by atoms with Crippen LogP contribution >= 0.6 is 0 Å². The van der Waals surface area contributed by atoms with Crippen molar-refractivity contribution in [2.45, 2.75) is 25.8 Å². The minimum Gasteiger partial charge on any atom is -0.385 e. The Bertz CT molecular complexity index is 273. The van der Waals surface area contributed by atoms with E-state index in [9.17, 15) is 0 Å². The molecule has 0 aromatic carbocycles. The number of methoxy groups -OCH3 is 1. The third kappa shape index (κ3) is 4.01. The van der Waals surface area contributed by atoms with Crippen LogP contribution in [0.1, 0.15) is 31.5 Å². The van der Waals surface area contributed by atoms with E-state index >= 15 is 0 Å². The first-order valence-electron chi connectivity index (χ1n) is 5.46. The summed E-state index contributed by atoms with van der Waals surface area (Å²) in [5.41, 5.74) is 1.22. The Morgan fingerprint density at radius 2 is 2.33 bits per heavy atom. The Morgan fingerprint density at radius 1 is 1.53 bits per heavy atom. The monoisotopic (exact) mass is 211 g/mol. The molecule has 4 heteroatoms. The van der Waals surface area contributed by atoms with Crippen molar-refractivity contribution in [1.29, 1.82) is 0 Å². The number of rotatable bonds is 7. The van der Waals surface area contributed by atoms with E-state index in [1.54, 1.807) is 7.11 Å². The lowest BCUT2D eigenvalue weighted by atomic mass is 10.2. The van der Waals surface area contributed by atoms with Crippen LogP contribution in [0.15, 0.2) is 12.3 Å². The largest absolute Gasteiger partial charge is 0.385 e. The molecule has 1 heterocycles. The Morgan fingerprint density at radius 3 is 2.93 bits per heavy atom. The van der Waals surface area contributed by atoms with Gasteiger partial charge in [-0.1, -0.05) is 0 Å². The van der Waals surface area contributed by atoms with Crippen molar-refractivity contribution in [3.63, 3.8) is 0 Å². The van der Waals surface area contributed by atoms with Crippen molar-refractivity contribution < 1.29 is 4.74 Å². The van der Waals surface area contributed by atoms with Crippen molar-refractivity contribution in [3.05, 3.63) is 18.0 Å². The van der Waals surface area contributed by atoms with Crippen molar-refractivity contribution in [1.82, 2.24) is 15.1 Å². The van der Waals surface area contributed by atoms with E-state index < -0.39 is 0 Å². The van der Waals surface area contributed by atoms with Gasteiger partial charge in [-0.25, -0.2) is 0 Å². The summed E-state index contributed by atoms with van der Waals surface area (Å²) in [6.45, 7) is 4.03. The summed E-state index contributed by atoms with van der Waals surface area (Å²) < 4.78 is 6.91. The second-order valence-electron chi connectivity index (χ2n) is 3.76. The molecule has 0 fully saturated rings. The van der Waals surface area contributed by atoms with Crippen LogP contribution in [-0.2, 0) is 11.8 Å². The summed E-state index contributed by atoms with van der Waals surface area (Å²) >= 11 is 0. The molecule has 86 valence electrons. The number of hydrogen-bond acceptors (Lipinski definition) is 3. The molecule has 1 aromatic rings. The van der Waals surface area contributed by atoms with Gasteiger partial charge in [-0.15, -0.1) is 0 Å². The molecule has 1 aromatic heterocycles. The van der Waals surface area contributed by atoms with E-state index in [4.69, 9.17) is 4.74 Å². The molecule has 0 aliphatic carbocycles. The third-order valence-corrected chi connectivity index (χ3v) is 2.53. The molecule has 1 rings (SSSR count). The number of nitrogens with one attached hydrogen (secondary N) is 1. The van der Waals surface area contributed by atoms with Crippen LogP contribution in [0.25, 0.3) is 0 Å². The van der Waals surface area contributed by atoms with Crippen LogP contribution in [0.5, 0.6) is 0 Å². The lowest BCUT2D eigenvalue weighted by molar-refractivity contribution is 0.192. The van der Waals surface area contributed by atoms with Gasteiger partial charge < -0.3 is 10.1 Å². The average Bonchev–Trinajstić information content (AvgIpc) is 2.64. The molecule has 15 heavy (non-hydrogen) atoms. The molecular formula is C11H21N3O. The van der Waals surface area contributed by atoms with E-state index in [-0.39, 0.29) is 0 Å². The maximum absolute atomic E-state index is 5.00. The molecule has 1 atom stereocenters. The molecule has 1 N–H and O–H groups in total. The van der Waals surface area contributed by atoms with Gasteiger partial charge in [0.05, 0.1) is 5.69 Å². The first-order valence-corrected chi connectivity index (χ1v) is 5.46. The summed E-state index contributed by atoms with van der Waals surface area (Å²) in [5, 5.41) is 7.62. The minimum atomic E-state index is 0.361. The summed E-state index contributed by atoms with van der Waals surface area (Å²) in [6, 6.07) is 2.41. The molecule has 0 aliphatic rings. The fraction of sp³-hybridized carbons (Fsp3) is 0.727. The normalized spacial score (nSPS) is 13.0. The smallest absolute Gasteiger partial charge is 0.0547 e. The maximum Gasteiger partial charge on any atom is 0.0547 e. The number of nitrogens with zero attached hydrogens (tertiary/aromatic N) is 2. The zero-order valence-electron chi connectivity index (χ0n) is 9.86. The molecule has 4 nitrogen and oxygen atoms in total. The van der Waals surface area contributed by atoms with Crippen molar-refractivity contribution in [2.24, 2.45) is 7.05 Å². The van der Waals surface area contributed by atoms with E-state index in [1.807, 2.05) is 24.0 Å². The Balaban J connectivity index is 2.19. The van der Waals surface area contributed by atoms with Gasteiger partial charge >= 0.3 is 0 Å². The average molecular weight is 211 g/mol. The zero-order valence-corrected chi connectivity index (χ0v) is 9.86. The fourth-order valence-electron chi connectivity index (χ4n) is 1.60. The molecule has 0 aliphatic heterocycles. The van der Waals surface area contributed by atoms with Crippen LogP contribution in [0, 0.1) is 0 Å². The lowest BCUT2D eigenvalue weighted by Gasteiger charge is -2.13. The SMILES string of the molecule is COCCCCNC(C)c1ccnn1C. The standard InChI is InChI=1S/C11H21N3O/c1-10(11-6-8-13-14(11)2)12-7-4-5-9-15-3/h6,8,10,12H,4-5,7,9H2,1-3H3. The van der Waals surface area contributed by atoms with E-state index in [2.05, 4.69) is 17.3 Å². The molecule has 0 radical (unpaired) electrons. The first-order chi connectivity index (χ1) is 7.25. The highest BCUT2D eigenvalue weighted by Gasteiger charge is 2.07. The molecule has 0 amide bonds. The number of ether oxygens (including phenoxy) is 1. The zero-order chi connectivity index (χ0) is 11.1. The van der Waals surface area contributed by atoms with Gasteiger partial charge in [-0.05, 0) is 32.4 Å². The highest BCUT2D eigenvalue weighted by atomic mass is 16.5. The van der Waals surface area contributed by atoms with Gasteiger partial charge in [0.15, 0.2) is 0 Å². The van der Waals surface area contributed by atoms with Crippen LogP contribution in [0.2, 0.25) is 0 Å². The minimum absolute atomic E-state index is 0.361. The number of hydrogen-bond donors (Lipinski definition) is 1. The Hall–Kier alpha value is -0.870. The first kappa shape index (κ1) is 12.2. The molecule has 0 bridgehead atoms. The predicted octanol–water partition coefficient (Wildman–Crippen LogP) is 1.50. The van der Waals surface area contributed by atoms with Gasteiger partial charge in [0.1, 0.15) is 0 Å². The second kappa shape index (κ2) is 6.58. The number of unbranched alkanes of at least 4 members (excludes halogenated alkanes) is 1. The lowest BCUT2D eigenvalue weighted by Crippen LogP contribution is -2.22. The van der Waals surface area contributed by atoms with Crippen LogP contribution in [-0.4, -0.2) is 30.0 Å². The van der Waals surface area contributed by atoms with Crippen molar-refractivity contribution in [2.75, 3.05) is 20.3 Å². The summed E-state index contributed by atoms with van der Waals surface area (Å²) in [5.74, 6) is 0. The molecule has 0 saturated carbocycles. The van der Waals surface area contributed by atoms with Crippen LogP contribution in [0.4, 0.5) is 0 Å². The molecule has 0 spiro atoms. The van der Waals surface area contributed by atoms with Gasteiger partial charge in [-0.3, -0.25) is 4.68 Å². The fourth-order valence-corrected chi connectivity index (χ4v) is 1.60. The summed E-state index contributed by atoms with van der Waals surface area (Å²) in [7, 11) is 3.71. The Kier molecular flexibility index (Phi) is 5.36. The Labute approximate surface area is 91.6 Å². The van der Waals surface area contributed by atoms with Gasteiger partial charge in [0.2, 0.25) is 0 Å². The summed E-state index contributed by atoms with van der Waals surface area (Å²) in [4.78, 5) is 0. The highest BCUT2D eigenvalue weighted by Crippen LogP contribution is 2.09. The van der Waals surface area contributed by atoms with Gasteiger partial charge in [0.25, 0.3) is 0 Å². The van der Waals surface area contributed by atoms with Crippen LogP contribution < -0.4 is 5.32 Å². The number of aromatic nitrogens is 2. The van der Waals surface area contributed by atoms with Crippen LogP contribution in [0.3, 0.4) is 0 Å². The molecule has 0 saturated heterocycles.